The molecule has 2 aromatic rings. The van der Waals surface area contributed by atoms with Gasteiger partial charge in [0, 0.05) is 6.42 Å². The zero-order valence-electron chi connectivity index (χ0n) is 14.9. The van der Waals surface area contributed by atoms with Crippen LogP contribution in [0.15, 0.2) is 24.3 Å². The van der Waals surface area contributed by atoms with Crippen LogP contribution in [0.5, 0.6) is 11.5 Å². The highest BCUT2D eigenvalue weighted by Gasteiger charge is 2.11. The lowest BCUT2D eigenvalue weighted by Gasteiger charge is -2.10. The van der Waals surface area contributed by atoms with E-state index in [1.54, 1.807) is 13.2 Å². The first kappa shape index (κ1) is 18.9. The highest BCUT2D eigenvalue weighted by molar-refractivity contribution is 7.15. The van der Waals surface area contributed by atoms with Crippen LogP contribution in [0.3, 0.4) is 0 Å². The molecule has 0 saturated carbocycles. The molecule has 134 valence electrons. The average molecular weight is 361 g/mol. The van der Waals surface area contributed by atoms with E-state index in [9.17, 15) is 4.79 Å². The number of ether oxygens (including phenoxy) is 2. The van der Waals surface area contributed by atoms with Crippen LogP contribution in [0.4, 0.5) is 5.13 Å². The van der Waals surface area contributed by atoms with Crippen LogP contribution < -0.4 is 14.8 Å². The van der Waals surface area contributed by atoms with Crippen LogP contribution in [-0.2, 0) is 11.2 Å². The lowest BCUT2D eigenvalue weighted by atomic mass is 10.1. The minimum Gasteiger partial charge on any atom is -0.493 e. The fourth-order valence-electron chi connectivity index (χ4n) is 2.13. The van der Waals surface area contributed by atoms with Gasteiger partial charge in [-0.25, -0.2) is 0 Å². The fourth-order valence-corrected chi connectivity index (χ4v) is 3.10. The van der Waals surface area contributed by atoms with Crippen molar-refractivity contribution in [3.05, 3.63) is 34.8 Å². The molecule has 0 unspecified atom stereocenters. The van der Waals surface area contributed by atoms with Gasteiger partial charge in [0.2, 0.25) is 5.13 Å². The van der Waals surface area contributed by atoms with Crippen molar-refractivity contribution in [3.63, 3.8) is 0 Å². The van der Waals surface area contributed by atoms with E-state index in [1.165, 1.54) is 11.3 Å². The van der Waals surface area contributed by atoms with Gasteiger partial charge in [0.25, 0.3) is 5.91 Å². The minimum atomic E-state index is -0.285. The highest BCUT2D eigenvalue weighted by atomic mass is 32.1. The number of nitrogens with one attached hydrogen (secondary N) is 1. The van der Waals surface area contributed by atoms with Gasteiger partial charge in [-0.2, -0.15) is 0 Å². The zero-order valence-corrected chi connectivity index (χ0v) is 15.7. The van der Waals surface area contributed by atoms with Gasteiger partial charge >= 0.3 is 0 Å². The molecule has 1 aromatic heterocycles. The quantitative estimate of drug-likeness (QED) is 0.774. The number of allylic oxidation sites excluding steroid dienone is 1. The number of hydrogen-bond donors (Lipinski definition) is 1. The van der Waals surface area contributed by atoms with Crippen LogP contribution in [0, 0.1) is 5.92 Å². The Balaban J connectivity index is 1.92. The van der Waals surface area contributed by atoms with Gasteiger partial charge in [0.1, 0.15) is 5.01 Å². The maximum atomic E-state index is 12.0. The summed E-state index contributed by atoms with van der Waals surface area (Å²) in [5.74, 6) is 1.31. The predicted octanol–water partition coefficient (Wildman–Crippen LogP) is 3.80. The summed E-state index contributed by atoms with van der Waals surface area (Å²) in [4.78, 5) is 12.0. The lowest BCUT2D eigenvalue weighted by molar-refractivity contribution is -0.118. The summed E-state index contributed by atoms with van der Waals surface area (Å²) < 4.78 is 10.9. The number of carbonyl (C=O) groups is 1. The monoisotopic (exact) mass is 361 g/mol. The Morgan fingerprint density at radius 3 is 2.80 bits per heavy atom. The topological polar surface area (TPSA) is 73.3 Å². The molecule has 1 aromatic carbocycles. The van der Waals surface area contributed by atoms with Gasteiger partial charge in [-0.05, 0) is 30.5 Å². The Morgan fingerprint density at radius 1 is 1.32 bits per heavy atom. The van der Waals surface area contributed by atoms with Crippen molar-refractivity contribution >= 4 is 28.5 Å². The first-order valence-electron chi connectivity index (χ1n) is 8.07. The number of hydrogen-bond acceptors (Lipinski definition) is 6. The number of aromatic nitrogens is 2. The third-order valence-corrected chi connectivity index (χ3v) is 4.06. The Labute approximate surface area is 151 Å². The van der Waals surface area contributed by atoms with Crippen LogP contribution >= 0.6 is 11.3 Å². The second kappa shape index (κ2) is 9.17. The molecule has 0 spiro atoms. The molecule has 6 nitrogen and oxygen atoms in total. The smallest absolute Gasteiger partial charge is 0.264 e. The third-order valence-electron chi connectivity index (χ3n) is 3.20. The van der Waals surface area contributed by atoms with Gasteiger partial charge in [0.15, 0.2) is 18.1 Å². The van der Waals surface area contributed by atoms with Gasteiger partial charge in [-0.3, -0.25) is 10.1 Å². The van der Waals surface area contributed by atoms with E-state index in [1.807, 2.05) is 31.2 Å². The van der Waals surface area contributed by atoms with Crippen molar-refractivity contribution in [2.75, 3.05) is 19.0 Å². The first-order valence-corrected chi connectivity index (χ1v) is 8.89. The molecule has 0 bridgehead atoms. The largest absolute Gasteiger partial charge is 0.493 e. The van der Waals surface area contributed by atoms with E-state index in [4.69, 9.17) is 9.47 Å². The Bertz CT molecular complexity index is 741. The molecule has 0 atom stereocenters. The number of amides is 1. The Morgan fingerprint density at radius 2 is 2.12 bits per heavy atom. The van der Waals surface area contributed by atoms with Gasteiger partial charge in [-0.15, -0.1) is 10.2 Å². The molecule has 0 aliphatic rings. The minimum absolute atomic E-state index is 0.127. The summed E-state index contributed by atoms with van der Waals surface area (Å²) >= 11 is 1.38. The first-order chi connectivity index (χ1) is 12.0. The van der Waals surface area contributed by atoms with E-state index in [-0.39, 0.29) is 12.5 Å². The summed E-state index contributed by atoms with van der Waals surface area (Å²) in [5, 5.41) is 12.1. The van der Waals surface area contributed by atoms with Crippen molar-refractivity contribution in [3.8, 4) is 11.5 Å². The summed E-state index contributed by atoms with van der Waals surface area (Å²) in [6, 6.07) is 5.54. The van der Waals surface area contributed by atoms with E-state index >= 15 is 0 Å². The summed E-state index contributed by atoms with van der Waals surface area (Å²) in [7, 11) is 1.57. The molecular formula is C18H23N3O3S. The number of rotatable bonds is 8. The van der Waals surface area contributed by atoms with E-state index < -0.39 is 0 Å². The molecule has 1 N–H and O–H groups in total. The number of anilines is 1. The van der Waals surface area contributed by atoms with Crippen molar-refractivity contribution in [2.45, 2.75) is 27.2 Å². The number of nitrogens with zero attached hydrogens (tertiary/aromatic N) is 2. The number of methoxy groups -OCH3 is 1. The summed E-state index contributed by atoms with van der Waals surface area (Å²) in [6.45, 7) is 6.05. The van der Waals surface area contributed by atoms with Gasteiger partial charge in [0.05, 0.1) is 7.11 Å². The molecule has 1 heterocycles. The van der Waals surface area contributed by atoms with Crippen molar-refractivity contribution in [2.24, 2.45) is 5.92 Å². The molecule has 0 radical (unpaired) electrons. The van der Waals surface area contributed by atoms with E-state index in [0.717, 1.165) is 17.0 Å². The SMILES string of the molecule is C/C=C/c1ccc(OCC(=O)Nc2nnc(CC(C)C)s2)c(OC)c1. The van der Waals surface area contributed by atoms with E-state index in [2.05, 4.69) is 29.4 Å². The Hall–Kier alpha value is -2.41. The number of carbonyl (C=O) groups excluding carboxylic acids is 1. The zero-order chi connectivity index (χ0) is 18.2. The molecule has 0 aliphatic carbocycles. The maximum Gasteiger partial charge on any atom is 0.264 e. The molecule has 25 heavy (non-hydrogen) atoms. The van der Waals surface area contributed by atoms with Crippen LogP contribution in [0.1, 0.15) is 31.3 Å². The van der Waals surface area contributed by atoms with Gasteiger partial charge in [-0.1, -0.05) is 43.4 Å². The maximum absolute atomic E-state index is 12.0. The molecule has 0 fully saturated rings. The third kappa shape index (κ3) is 5.86. The standard InChI is InChI=1S/C18H23N3O3S/c1-5-6-13-7-8-14(15(10-13)23-4)24-11-16(22)19-18-21-20-17(25-18)9-12(2)3/h5-8,10,12H,9,11H2,1-4H3,(H,19,21,22)/b6-5+. The second-order valence-corrected chi connectivity index (χ2v) is 6.91. The molecule has 2 rings (SSSR count). The highest BCUT2D eigenvalue weighted by Crippen LogP contribution is 2.28. The van der Waals surface area contributed by atoms with Crippen molar-refractivity contribution in [1.82, 2.24) is 10.2 Å². The molecule has 0 saturated heterocycles. The van der Waals surface area contributed by atoms with Crippen LogP contribution in [0.25, 0.3) is 6.08 Å². The lowest BCUT2D eigenvalue weighted by Crippen LogP contribution is -2.20. The molecule has 7 heteroatoms. The molecule has 1 amide bonds. The normalized spacial score (nSPS) is 11.1. The average Bonchev–Trinajstić information content (AvgIpc) is 2.99. The fraction of sp³-hybridized carbons (Fsp3) is 0.389. The number of benzene rings is 1. The summed E-state index contributed by atoms with van der Waals surface area (Å²) in [5.41, 5.74) is 1.00. The van der Waals surface area contributed by atoms with Crippen LogP contribution in [0.2, 0.25) is 0 Å². The van der Waals surface area contributed by atoms with Crippen molar-refractivity contribution in [1.29, 1.82) is 0 Å². The molecule has 0 aliphatic heterocycles. The van der Waals surface area contributed by atoms with E-state index in [0.29, 0.717) is 22.5 Å². The molecular weight excluding hydrogens is 338 g/mol. The summed E-state index contributed by atoms with van der Waals surface area (Å²) in [6.07, 6.45) is 4.75. The Kier molecular flexibility index (Phi) is 6.94. The predicted molar refractivity (Wildman–Crippen MR) is 100 cm³/mol. The van der Waals surface area contributed by atoms with Gasteiger partial charge < -0.3 is 9.47 Å². The van der Waals surface area contributed by atoms with Crippen molar-refractivity contribution < 1.29 is 14.3 Å². The van der Waals surface area contributed by atoms with Crippen LogP contribution in [-0.4, -0.2) is 29.8 Å². The second-order valence-electron chi connectivity index (χ2n) is 5.85.